The van der Waals surface area contributed by atoms with E-state index < -0.39 is 0 Å². The fourth-order valence-electron chi connectivity index (χ4n) is 4.22. The largest absolute Gasteiger partial charge is 0.489 e. The summed E-state index contributed by atoms with van der Waals surface area (Å²) in [5, 5.41) is 4.67. The van der Waals surface area contributed by atoms with Crippen LogP contribution in [0.2, 0.25) is 0 Å². The molecule has 1 aliphatic heterocycles. The molecule has 0 amide bonds. The monoisotopic (exact) mass is 446 g/mol. The van der Waals surface area contributed by atoms with E-state index in [1.165, 1.54) is 17.7 Å². The number of fused-ring (bicyclic) bond motifs is 1. The van der Waals surface area contributed by atoms with E-state index in [1.807, 2.05) is 28.9 Å². The van der Waals surface area contributed by atoms with Gasteiger partial charge in [0.1, 0.15) is 18.2 Å². The van der Waals surface area contributed by atoms with Crippen LogP contribution in [-0.2, 0) is 24.3 Å². The molecule has 4 aromatic rings. The quantitative estimate of drug-likeness (QED) is 0.427. The maximum atomic E-state index is 13.1. The van der Waals surface area contributed by atoms with Gasteiger partial charge in [-0.3, -0.25) is 4.90 Å². The van der Waals surface area contributed by atoms with E-state index in [2.05, 4.69) is 33.2 Å². The second-order valence-electron chi connectivity index (χ2n) is 8.50. The number of hydrogen-bond acceptors (Lipinski definition) is 5. The summed E-state index contributed by atoms with van der Waals surface area (Å²) in [5.41, 5.74) is 4.05. The van der Waals surface area contributed by atoms with E-state index in [4.69, 9.17) is 9.47 Å². The Hall–Kier alpha value is -3.29. The van der Waals surface area contributed by atoms with Crippen LogP contribution in [0.3, 0.4) is 0 Å². The predicted molar refractivity (Wildman–Crippen MR) is 123 cm³/mol. The first-order valence-corrected chi connectivity index (χ1v) is 11.3. The summed E-state index contributed by atoms with van der Waals surface area (Å²) in [6, 6.07) is 18.6. The van der Waals surface area contributed by atoms with Gasteiger partial charge in [0.2, 0.25) is 0 Å². The van der Waals surface area contributed by atoms with Crippen LogP contribution >= 0.6 is 0 Å². The Morgan fingerprint density at radius 2 is 1.97 bits per heavy atom. The molecule has 2 aromatic carbocycles. The lowest BCUT2D eigenvalue weighted by Crippen LogP contribution is -2.30. The molecule has 0 bridgehead atoms. The van der Waals surface area contributed by atoms with E-state index in [0.717, 1.165) is 61.9 Å². The predicted octanol–water partition coefficient (Wildman–Crippen LogP) is 4.14. The molecule has 1 saturated heterocycles. The Kier molecular flexibility index (Phi) is 6.60. The van der Waals surface area contributed by atoms with Crippen LogP contribution in [-0.4, -0.2) is 45.8 Å². The lowest BCUT2D eigenvalue weighted by molar-refractivity contribution is 0.121. The van der Waals surface area contributed by atoms with Crippen molar-refractivity contribution in [3.63, 3.8) is 0 Å². The van der Waals surface area contributed by atoms with Gasteiger partial charge in [-0.1, -0.05) is 24.3 Å². The van der Waals surface area contributed by atoms with Gasteiger partial charge < -0.3 is 9.47 Å². The van der Waals surface area contributed by atoms with Gasteiger partial charge in [-0.05, 0) is 53.9 Å². The Morgan fingerprint density at radius 3 is 2.88 bits per heavy atom. The lowest BCUT2D eigenvalue weighted by Gasteiger charge is -2.23. The first-order chi connectivity index (χ1) is 16.2. The van der Waals surface area contributed by atoms with E-state index in [1.54, 1.807) is 18.3 Å². The number of benzene rings is 2. The third kappa shape index (κ3) is 5.74. The molecule has 1 aliphatic rings. The molecule has 6 nitrogen and oxygen atoms in total. The van der Waals surface area contributed by atoms with E-state index >= 15 is 0 Å². The van der Waals surface area contributed by atoms with Crippen molar-refractivity contribution >= 4 is 5.65 Å². The van der Waals surface area contributed by atoms with Gasteiger partial charge >= 0.3 is 0 Å². The van der Waals surface area contributed by atoms with E-state index in [-0.39, 0.29) is 5.82 Å². The molecular weight excluding hydrogens is 419 g/mol. The maximum absolute atomic E-state index is 13.1. The molecule has 170 valence electrons. The standard InChI is InChI=1S/C26H27FN4O2/c27-23-6-4-20(5-7-23)19-33-25-3-1-2-21(15-25)16-30-12-13-32-18-22(17-30)14-24-8-9-26-28-10-11-31(26)29-24/h1-11,15,22H,12-14,16-19H2. The zero-order chi connectivity index (χ0) is 22.5. The van der Waals surface area contributed by atoms with Crippen molar-refractivity contribution in [1.29, 1.82) is 0 Å². The summed E-state index contributed by atoms with van der Waals surface area (Å²) >= 11 is 0. The van der Waals surface area contributed by atoms with Gasteiger partial charge in [0.15, 0.2) is 5.65 Å². The van der Waals surface area contributed by atoms with Crippen LogP contribution in [0.25, 0.3) is 5.65 Å². The highest BCUT2D eigenvalue weighted by Crippen LogP contribution is 2.19. The van der Waals surface area contributed by atoms with Gasteiger partial charge in [0, 0.05) is 37.9 Å². The topological polar surface area (TPSA) is 51.9 Å². The minimum Gasteiger partial charge on any atom is -0.489 e. The van der Waals surface area contributed by atoms with Crippen molar-refractivity contribution in [3.05, 3.63) is 95.7 Å². The minimum atomic E-state index is -0.237. The van der Waals surface area contributed by atoms with Crippen molar-refractivity contribution in [1.82, 2.24) is 19.5 Å². The third-order valence-electron chi connectivity index (χ3n) is 5.85. The second-order valence-corrected chi connectivity index (χ2v) is 8.50. The van der Waals surface area contributed by atoms with Gasteiger partial charge in [-0.2, -0.15) is 5.10 Å². The molecule has 1 unspecified atom stereocenters. The summed E-state index contributed by atoms with van der Waals surface area (Å²) < 4.78 is 26.7. The highest BCUT2D eigenvalue weighted by Gasteiger charge is 2.20. The molecule has 5 rings (SSSR count). The summed E-state index contributed by atoms with van der Waals surface area (Å²) in [7, 11) is 0. The van der Waals surface area contributed by atoms with E-state index in [0.29, 0.717) is 12.5 Å². The van der Waals surface area contributed by atoms with Crippen molar-refractivity contribution in [3.8, 4) is 5.75 Å². The third-order valence-corrected chi connectivity index (χ3v) is 5.85. The summed E-state index contributed by atoms with van der Waals surface area (Å²) in [5.74, 6) is 0.953. The number of nitrogens with zero attached hydrogens (tertiary/aromatic N) is 4. The van der Waals surface area contributed by atoms with Gasteiger partial charge in [0.25, 0.3) is 0 Å². The van der Waals surface area contributed by atoms with Crippen LogP contribution < -0.4 is 4.74 Å². The second kappa shape index (κ2) is 10.1. The van der Waals surface area contributed by atoms with Crippen molar-refractivity contribution < 1.29 is 13.9 Å². The molecule has 7 heteroatoms. The average Bonchev–Trinajstić information content (AvgIpc) is 3.19. The Labute approximate surface area is 192 Å². The fourth-order valence-corrected chi connectivity index (χ4v) is 4.22. The average molecular weight is 447 g/mol. The van der Waals surface area contributed by atoms with Crippen LogP contribution in [0.15, 0.2) is 73.1 Å². The van der Waals surface area contributed by atoms with Gasteiger partial charge in [0.05, 0.1) is 18.9 Å². The molecule has 3 heterocycles. The molecule has 1 atom stereocenters. The summed E-state index contributed by atoms with van der Waals surface area (Å²) in [4.78, 5) is 6.70. The van der Waals surface area contributed by atoms with Gasteiger partial charge in [-0.25, -0.2) is 13.9 Å². The number of aromatic nitrogens is 3. The Bertz CT molecular complexity index is 1190. The van der Waals surface area contributed by atoms with Gasteiger partial charge in [-0.15, -0.1) is 0 Å². The molecule has 2 aromatic heterocycles. The molecule has 0 spiro atoms. The number of ether oxygens (including phenoxy) is 2. The van der Waals surface area contributed by atoms with Crippen LogP contribution in [0.1, 0.15) is 16.8 Å². The number of hydrogen-bond donors (Lipinski definition) is 0. The highest BCUT2D eigenvalue weighted by molar-refractivity contribution is 5.36. The first kappa shape index (κ1) is 21.6. The van der Waals surface area contributed by atoms with Crippen LogP contribution in [0, 0.1) is 11.7 Å². The van der Waals surface area contributed by atoms with Crippen molar-refractivity contribution in [2.75, 3.05) is 26.3 Å². The number of imidazole rings is 1. The zero-order valence-corrected chi connectivity index (χ0v) is 18.4. The SMILES string of the molecule is Fc1ccc(COc2cccc(CN3CCOCC(Cc4ccc5nccn5n4)C3)c2)cc1. The van der Waals surface area contributed by atoms with Crippen LogP contribution in [0.5, 0.6) is 5.75 Å². The summed E-state index contributed by atoms with van der Waals surface area (Å²) in [6.07, 6.45) is 4.51. The van der Waals surface area contributed by atoms with Crippen molar-refractivity contribution in [2.45, 2.75) is 19.6 Å². The molecule has 0 aliphatic carbocycles. The molecule has 1 fully saturated rings. The Morgan fingerprint density at radius 1 is 1.06 bits per heavy atom. The normalized spacial score (nSPS) is 17.2. The van der Waals surface area contributed by atoms with Crippen LogP contribution in [0.4, 0.5) is 4.39 Å². The Balaban J connectivity index is 1.19. The molecule has 0 saturated carbocycles. The smallest absolute Gasteiger partial charge is 0.153 e. The number of halogens is 1. The number of rotatable bonds is 7. The molecular formula is C26H27FN4O2. The molecule has 33 heavy (non-hydrogen) atoms. The minimum absolute atomic E-state index is 0.237. The lowest BCUT2D eigenvalue weighted by atomic mass is 10.0. The van der Waals surface area contributed by atoms with Crippen molar-refractivity contribution in [2.24, 2.45) is 5.92 Å². The summed E-state index contributed by atoms with van der Waals surface area (Å²) in [6.45, 7) is 4.56. The first-order valence-electron chi connectivity index (χ1n) is 11.3. The maximum Gasteiger partial charge on any atom is 0.153 e. The zero-order valence-electron chi connectivity index (χ0n) is 18.4. The highest BCUT2D eigenvalue weighted by atomic mass is 19.1. The molecule has 0 N–H and O–H groups in total. The fraction of sp³-hybridized carbons (Fsp3) is 0.308. The molecule has 0 radical (unpaired) electrons. The van der Waals surface area contributed by atoms with E-state index in [9.17, 15) is 4.39 Å².